The monoisotopic (exact) mass is 224 g/mol. The first-order valence-electron chi connectivity index (χ1n) is 4.95. The van der Waals surface area contributed by atoms with Crippen molar-refractivity contribution in [2.75, 3.05) is 12.4 Å². The number of benzene rings is 1. The van der Waals surface area contributed by atoms with Crippen LogP contribution >= 0.6 is 0 Å². The Labute approximate surface area is 94.5 Å². The molecular weight excluding hydrogens is 208 g/mol. The van der Waals surface area contributed by atoms with E-state index in [2.05, 4.69) is 10.6 Å². The summed E-state index contributed by atoms with van der Waals surface area (Å²) in [6, 6.07) is 5.56. The van der Waals surface area contributed by atoms with Crippen molar-refractivity contribution in [2.24, 2.45) is 0 Å². The number of carbonyl (C=O) groups excluding carboxylic acids is 1. The SMILES string of the molecule is CC.CNC(=O)Nc1ccc(C(=O)O)cc1. The van der Waals surface area contributed by atoms with Crippen LogP contribution < -0.4 is 10.6 Å². The van der Waals surface area contributed by atoms with Gasteiger partial charge in [-0.15, -0.1) is 0 Å². The summed E-state index contributed by atoms with van der Waals surface area (Å²) in [5, 5.41) is 13.5. The van der Waals surface area contributed by atoms with Gasteiger partial charge in [0, 0.05) is 12.7 Å². The molecule has 0 aromatic heterocycles. The first kappa shape index (κ1) is 14.0. The second kappa shape index (κ2) is 7.28. The van der Waals surface area contributed by atoms with Crippen molar-refractivity contribution in [3.63, 3.8) is 0 Å². The highest BCUT2D eigenvalue weighted by Gasteiger charge is 2.02. The third-order valence-electron chi connectivity index (χ3n) is 1.62. The van der Waals surface area contributed by atoms with Gasteiger partial charge in [-0.2, -0.15) is 0 Å². The van der Waals surface area contributed by atoms with Crippen LogP contribution in [0.5, 0.6) is 0 Å². The van der Waals surface area contributed by atoms with E-state index in [1.54, 1.807) is 0 Å². The highest BCUT2D eigenvalue weighted by Crippen LogP contribution is 2.08. The number of rotatable bonds is 2. The Morgan fingerprint density at radius 2 is 1.62 bits per heavy atom. The van der Waals surface area contributed by atoms with Crippen molar-refractivity contribution in [1.29, 1.82) is 0 Å². The van der Waals surface area contributed by atoms with Crippen molar-refractivity contribution in [2.45, 2.75) is 13.8 Å². The second-order valence-corrected chi connectivity index (χ2v) is 2.59. The van der Waals surface area contributed by atoms with E-state index in [1.807, 2.05) is 13.8 Å². The number of carboxylic acids is 1. The number of urea groups is 1. The molecule has 5 nitrogen and oxygen atoms in total. The molecule has 2 amide bonds. The quantitative estimate of drug-likeness (QED) is 0.720. The third kappa shape index (κ3) is 4.45. The number of carboxylic acid groups (broad SMARTS) is 1. The Morgan fingerprint density at radius 1 is 1.12 bits per heavy atom. The zero-order chi connectivity index (χ0) is 12.6. The lowest BCUT2D eigenvalue weighted by Crippen LogP contribution is -2.24. The van der Waals surface area contributed by atoms with E-state index < -0.39 is 5.97 Å². The maximum absolute atomic E-state index is 10.9. The molecule has 5 heteroatoms. The molecule has 0 fully saturated rings. The fourth-order valence-corrected chi connectivity index (χ4v) is 0.890. The molecule has 0 aliphatic heterocycles. The summed E-state index contributed by atoms with van der Waals surface area (Å²) in [4.78, 5) is 21.4. The number of carbonyl (C=O) groups is 2. The van der Waals surface area contributed by atoms with Crippen LogP contribution in [0.2, 0.25) is 0 Å². The lowest BCUT2D eigenvalue weighted by Gasteiger charge is -2.03. The second-order valence-electron chi connectivity index (χ2n) is 2.59. The van der Waals surface area contributed by atoms with Gasteiger partial charge in [0.05, 0.1) is 5.56 Å². The number of hydrogen-bond donors (Lipinski definition) is 3. The van der Waals surface area contributed by atoms with Crippen LogP contribution in [0.1, 0.15) is 24.2 Å². The summed E-state index contributed by atoms with van der Waals surface area (Å²) >= 11 is 0. The lowest BCUT2D eigenvalue weighted by atomic mass is 10.2. The van der Waals surface area contributed by atoms with Gasteiger partial charge in [-0.1, -0.05) is 13.8 Å². The minimum Gasteiger partial charge on any atom is -0.478 e. The molecule has 0 radical (unpaired) electrons. The predicted molar refractivity (Wildman–Crippen MR) is 62.8 cm³/mol. The highest BCUT2D eigenvalue weighted by atomic mass is 16.4. The molecule has 0 heterocycles. The minimum atomic E-state index is -0.989. The first-order chi connectivity index (χ1) is 7.63. The first-order valence-corrected chi connectivity index (χ1v) is 4.95. The van der Waals surface area contributed by atoms with Crippen molar-refractivity contribution in [1.82, 2.24) is 5.32 Å². The van der Waals surface area contributed by atoms with Crippen molar-refractivity contribution >= 4 is 17.7 Å². The smallest absolute Gasteiger partial charge is 0.335 e. The molecule has 0 spiro atoms. The van der Waals surface area contributed by atoms with E-state index in [4.69, 9.17) is 5.11 Å². The summed E-state index contributed by atoms with van der Waals surface area (Å²) in [6.07, 6.45) is 0. The molecule has 3 N–H and O–H groups in total. The molecule has 0 unspecified atom stereocenters. The lowest BCUT2D eigenvalue weighted by molar-refractivity contribution is 0.0697. The van der Waals surface area contributed by atoms with Gasteiger partial charge in [0.2, 0.25) is 0 Å². The molecule has 0 aliphatic rings. The fraction of sp³-hybridized carbons (Fsp3) is 0.273. The summed E-state index contributed by atoms with van der Waals surface area (Å²) < 4.78 is 0. The molecular formula is C11H16N2O3. The maximum Gasteiger partial charge on any atom is 0.335 e. The average molecular weight is 224 g/mol. The largest absolute Gasteiger partial charge is 0.478 e. The molecule has 0 bridgehead atoms. The third-order valence-corrected chi connectivity index (χ3v) is 1.62. The zero-order valence-corrected chi connectivity index (χ0v) is 9.57. The van der Waals surface area contributed by atoms with E-state index in [0.717, 1.165) is 0 Å². The van der Waals surface area contributed by atoms with Gasteiger partial charge < -0.3 is 15.7 Å². The topological polar surface area (TPSA) is 78.4 Å². The number of anilines is 1. The van der Waals surface area contributed by atoms with E-state index in [-0.39, 0.29) is 11.6 Å². The average Bonchev–Trinajstić information content (AvgIpc) is 2.32. The molecule has 1 aromatic rings. The van der Waals surface area contributed by atoms with Crippen LogP contribution in [-0.4, -0.2) is 24.2 Å². The van der Waals surface area contributed by atoms with E-state index in [1.165, 1.54) is 31.3 Å². The van der Waals surface area contributed by atoms with Crippen LogP contribution in [0.3, 0.4) is 0 Å². The maximum atomic E-state index is 10.9. The normalized spacial score (nSPS) is 8.44. The fourth-order valence-electron chi connectivity index (χ4n) is 0.890. The van der Waals surface area contributed by atoms with Crippen molar-refractivity contribution in [3.05, 3.63) is 29.8 Å². The van der Waals surface area contributed by atoms with Crippen LogP contribution in [-0.2, 0) is 0 Å². The Kier molecular flexibility index (Phi) is 6.35. The molecule has 16 heavy (non-hydrogen) atoms. The van der Waals surface area contributed by atoms with Crippen LogP contribution in [0, 0.1) is 0 Å². The van der Waals surface area contributed by atoms with Gasteiger partial charge in [0.1, 0.15) is 0 Å². The molecule has 0 saturated heterocycles. The molecule has 1 aromatic carbocycles. The molecule has 0 aliphatic carbocycles. The van der Waals surface area contributed by atoms with Crippen molar-refractivity contribution in [3.8, 4) is 0 Å². The number of hydrogen-bond acceptors (Lipinski definition) is 2. The van der Waals surface area contributed by atoms with Gasteiger partial charge in [0.15, 0.2) is 0 Å². The summed E-state index contributed by atoms with van der Waals surface area (Å²) in [5.41, 5.74) is 0.738. The summed E-state index contributed by atoms with van der Waals surface area (Å²) in [5.74, 6) is -0.989. The Morgan fingerprint density at radius 3 is 2.00 bits per heavy atom. The number of aromatic carboxylic acids is 1. The predicted octanol–water partition coefficient (Wildman–Crippen LogP) is 2.16. The zero-order valence-electron chi connectivity index (χ0n) is 9.57. The number of nitrogens with one attached hydrogen (secondary N) is 2. The van der Waals surface area contributed by atoms with Gasteiger partial charge in [-0.25, -0.2) is 9.59 Å². The van der Waals surface area contributed by atoms with E-state index in [9.17, 15) is 9.59 Å². The van der Waals surface area contributed by atoms with E-state index in [0.29, 0.717) is 5.69 Å². The molecule has 0 atom stereocenters. The molecule has 0 saturated carbocycles. The Bertz CT molecular complexity index is 347. The van der Waals surface area contributed by atoms with Gasteiger partial charge in [0.25, 0.3) is 0 Å². The van der Waals surface area contributed by atoms with Gasteiger partial charge >= 0.3 is 12.0 Å². The summed E-state index contributed by atoms with van der Waals surface area (Å²) in [7, 11) is 1.50. The van der Waals surface area contributed by atoms with Crippen LogP contribution in [0.15, 0.2) is 24.3 Å². The van der Waals surface area contributed by atoms with Crippen molar-refractivity contribution < 1.29 is 14.7 Å². The Hall–Kier alpha value is -2.04. The minimum absolute atomic E-state index is 0.187. The molecule has 88 valence electrons. The van der Waals surface area contributed by atoms with Crippen LogP contribution in [0.25, 0.3) is 0 Å². The van der Waals surface area contributed by atoms with E-state index >= 15 is 0 Å². The van der Waals surface area contributed by atoms with Gasteiger partial charge in [-0.05, 0) is 24.3 Å². The standard InChI is InChI=1S/C9H10N2O3.C2H6/c1-10-9(14)11-7-4-2-6(3-5-7)8(12)13;1-2/h2-5H,1H3,(H,12,13)(H2,10,11,14);1-2H3. The number of amides is 2. The summed E-state index contributed by atoms with van der Waals surface area (Å²) in [6.45, 7) is 4.00. The molecule has 1 rings (SSSR count). The Balaban J connectivity index is 0.00000106. The van der Waals surface area contributed by atoms with Gasteiger partial charge in [-0.3, -0.25) is 0 Å². The highest BCUT2D eigenvalue weighted by molar-refractivity contribution is 5.91. The van der Waals surface area contributed by atoms with Crippen LogP contribution in [0.4, 0.5) is 10.5 Å².